The van der Waals surface area contributed by atoms with Crippen molar-refractivity contribution in [3.05, 3.63) is 122 Å². The highest BCUT2D eigenvalue weighted by Crippen LogP contribution is 2.60. The number of esters is 1. The van der Waals surface area contributed by atoms with Crippen LogP contribution in [0.3, 0.4) is 0 Å². The van der Waals surface area contributed by atoms with E-state index in [1.54, 1.807) is 24.3 Å². The molecule has 0 bridgehead atoms. The fourth-order valence-corrected chi connectivity index (χ4v) is 5.45. The van der Waals surface area contributed by atoms with Crippen molar-refractivity contribution in [2.45, 2.75) is 11.8 Å². The molecule has 1 aliphatic carbocycles. The molecule has 5 rings (SSSR count). The van der Waals surface area contributed by atoms with E-state index >= 15 is 0 Å². The molecular weight excluding hydrogens is 492 g/mol. The first-order valence-corrected chi connectivity index (χ1v) is 11.7. The summed E-state index contributed by atoms with van der Waals surface area (Å²) in [6.07, 6.45) is 0. The number of nitrogens with zero attached hydrogens (tertiary/aromatic N) is 2. The van der Waals surface area contributed by atoms with Gasteiger partial charge in [0.25, 0.3) is 11.4 Å². The summed E-state index contributed by atoms with van der Waals surface area (Å²) >= 11 is 0. The summed E-state index contributed by atoms with van der Waals surface area (Å²) in [6.45, 7) is 0. The maximum absolute atomic E-state index is 13.8. The van der Waals surface area contributed by atoms with Crippen LogP contribution in [0.2, 0.25) is 0 Å². The number of para-hydroxylation sites is 2. The molecule has 1 N–H and O–H groups in total. The van der Waals surface area contributed by atoms with Gasteiger partial charge in [0, 0.05) is 40.5 Å². The van der Waals surface area contributed by atoms with E-state index in [-0.39, 0.29) is 28.3 Å². The van der Waals surface area contributed by atoms with Gasteiger partial charge in [0.1, 0.15) is 5.75 Å². The number of ether oxygens (including phenoxy) is 1. The van der Waals surface area contributed by atoms with E-state index in [2.05, 4.69) is 0 Å². The Labute approximate surface area is 215 Å². The Morgan fingerprint density at radius 3 is 1.74 bits per heavy atom. The fraction of sp³-hybridized carbons (Fsp3) is 0.143. The topological polar surface area (TPSA) is 150 Å². The van der Waals surface area contributed by atoms with E-state index in [9.17, 15) is 34.9 Å². The van der Waals surface area contributed by atoms with Gasteiger partial charge in [-0.3, -0.25) is 29.8 Å². The highest BCUT2D eigenvalue weighted by Gasteiger charge is 2.61. The minimum atomic E-state index is -1.35. The first kappa shape index (κ1) is 24.6. The number of hydrogen-bond donors (Lipinski definition) is 1. The van der Waals surface area contributed by atoms with Crippen molar-refractivity contribution in [2.24, 2.45) is 11.8 Å². The average Bonchev–Trinajstić information content (AvgIpc) is 2.88. The predicted molar refractivity (Wildman–Crippen MR) is 136 cm³/mol. The van der Waals surface area contributed by atoms with Crippen LogP contribution in [0.5, 0.6) is 5.75 Å². The number of hydrogen-bond acceptors (Lipinski definition) is 7. The number of benzene rings is 4. The van der Waals surface area contributed by atoms with Gasteiger partial charge in [-0.15, -0.1) is 0 Å². The third-order valence-corrected chi connectivity index (χ3v) is 7.05. The summed E-state index contributed by atoms with van der Waals surface area (Å²) in [5.41, 5.74) is -0.570. The van der Waals surface area contributed by atoms with Gasteiger partial charge >= 0.3 is 11.9 Å². The van der Waals surface area contributed by atoms with Crippen molar-refractivity contribution < 1.29 is 29.3 Å². The second-order valence-electron chi connectivity index (χ2n) is 8.97. The van der Waals surface area contributed by atoms with E-state index < -0.39 is 45.5 Å². The molecule has 2 atom stereocenters. The van der Waals surface area contributed by atoms with Crippen LogP contribution in [0.1, 0.15) is 23.0 Å². The Kier molecular flexibility index (Phi) is 6.29. The molecule has 0 unspecified atom stereocenters. The normalized spacial score (nSPS) is 20.3. The zero-order chi connectivity index (χ0) is 27.0. The van der Waals surface area contributed by atoms with Crippen LogP contribution in [0, 0.1) is 32.1 Å². The lowest BCUT2D eigenvalue weighted by atomic mass is 9.52. The molecule has 0 aromatic heterocycles. The molecular formula is C28H20N2O8. The SMILES string of the molecule is O=C(O)[C@H]1[C@H](c2ccccc2[N+](=O)[O-])[C@H](C(=O)Oc2cccc3ccccc23)[C@H]1c1ccccc1[N+](=O)[O-]. The lowest BCUT2D eigenvalue weighted by molar-refractivity contribution is -0.386. The Morgan fingerprint density at radius 2 is 1.18 bits per heavy atom. The Morgan fingerprint density at radius 1 is 0.684 bits per heavy atom. The van der Waals surface area contributed by atoms with Gasteiger partial charge in [-0.1, -0.05) is 72.8 Å². The summed E-state index contributed by atoms with van der Waals surface area (Å²) in [7, 11) is 0. The van der Waals surface area contributed by atoms with Crippen LogP contribution < -0.4 is 4.74 Å². The van der Waals surface area contributed by atoms with Gasteiger partial charge in [-0.05, 0) is 11.5 Å². The molecule has 0 amide bonds. The van der Waals surface area contributed by atoms with Crippen LogP contribution in [0.4, 0.5) is 11.4 Å². The minimum Gasteiger partial charge on any atom is -0.481 e. The largest absolute Gasteiger partial charge is 0.481 e. The van der Waals surface area contributed by atoms with E-state index in [1.807, 2.05) is 18.2 Å². The molecule has 10 heteroatoms. The summed E-state index contributed by atoms with van der Waals surface area (Å²) in [6, 6.07) is 23.5. The second-order valence-corrected chi connectivity index (χ2v) is 8.97. The third kappa shape index (κ3) is 4.11. The Balaban J connectivity index is 1.66. The molecule has 0 saturated heterocycles. The number of fused-ring (bicyclic) bond motifs is 1. The van der Waals surface area contributed by atoms with Gasteiger partial charge in [0.05, 0.1) is 21.7 Å². The van der Waals surface area contributed by atoms with E-state index in [0.29, 0.717) is 5.39 Å². The zero-order valence-electron chi connectivity index (χ0n) is 19.7. The fourth-order valence-electron chi connectivity index (χ4n) is 5.45. The molecule has 190 valence electrons. The average molecular weight is 512 g/mol. The summed E-state index contributed by atoms with van der Waals surface area (Å²) < 4.78 is 5.79. The molecule has 4 aromatic rings. The molecule has 4 aromatic carbocycles. The number of nitro groups is 2. The summed E-state index contributed by atoms with van der Waals surface area (Å²) in [5, 5.41) is 35.2. The third-order valence-electron chi connectivity index (χ3n) is 7.05. The number of nitro benzene ring substituents is 2. The quantitative estimate of drug-likeness (QED) is 0.148. The number of carbonyl (C=O) groups excluding carboxylic acids is 1. The van der Waals surface area contributed by atoms with Crippen molar-refractivity contribution in [3.63, 3.8) is 0 Å². The first-order valence-electron chi connectivity index (χ1n) is 11.7. The molecule has 1 aliphatic rings. The van der Waals surface area contributed by atoms with Crippen molar-refractivity contribution >= 4 is 34.1 Å². The molecule has 10 nitrogen and oxygen atoms in total. The van der Waals surface area contributed by atoms with Crippen LogP contribution in [-0.2, 0) is 9.59 Å². The Hall–Kier alpha value is -5.12. The molecule has 38 heavy (non-hydrogen) atoms. The number of carboxylic acid groups (broad SMARTS) is 1. The van der Waals surface area contributed by atoms with Crippen molar-refractivity contribution in [2.75, 3.05) is 0 Å². The van der Waals surface area contributed by atoms with Gasteiger partial charge in [0.2, 0.25) is 0 Å². The number of carboxylic acids is 1. The molecule has 0 heterocycles. The molecule has 0 aliphatic heterocycles. The standard InChI is InChI=1S/C28H20N2O8/c31-27(32)25-23(18-11-3-5-13-20(18)29(34)35)26(24(25)19-12-4-6-14-21(19)30(36)37)28(33)38-22-15-7-9-16-8-1-2-10-17(16)22/h1-15,23-26H,(H,31,32)/t23-,24-,25-,26-/m0/s1. The van der Waals surface area contributed by atoms with Crippen LogP contribution in [0.25, 0.3) is 10.8 Å². The van der Waals surface area contributed by atoms with E-state index in [0.717, 1.165) is 5.39 Å². The summed E-state index contributed by atoms with van der Waals surface area (Å²) in [5.74, 6) is -6.81. The van der Waals surface area contributed by atoms with E-state index in [4.69, 9.17) is 4.74 Å². The van der Waals surface area contributed by atoms with Crippen LogP contribution in [-0.4, -0.2) is 26.9 Å². The second kappa shape index (κ2) is 9.74. The first-order chi connectivity index (χ1) is 18.3. The molecule has 1 saturated carbocycles. The van der Waals surface area contributed by atoms with Crippen molar-refractivity contribution in [1.82, 2.24) is 0 Å². The Bertz CT molecular complexity index is 1530. The van der Waals surface area contributed by atoms with Crippen LogP contribution in [0.15, 0.2) is 91.0 Å². The van der Waals surface area contributed by atoms with Crippen molar-refractivity contribution in [1.29, 1.82) is 0 Å². The van der Waals surface area contributed by atoms with Gasteiger partial charge in [0.15, 0.2) is 0 Å². The highest BCUT2D eigenvalue weighted by molar-refractivity contribution is 5.92. The zero-order valence-corrected chi connectivity index (χ0v) is 19.7. The smallest absolute Gasteiger partial charge is 0.315 e. The minimum absolute atomic E-state index is 0.0552. The highest BCUT2D eigenvalue weighted by atomic mass is 16.6. The monoisotopic (exact) mass is 512 g/mol. The number of rotatable bonds is 7. The van der Waals surface area contributed by atoms with E-state index in [1.165, 1.54) is 48.5 Å². The van der Waals surface area contributed by atoms with Crippen molar-refractivity contribution in [3.8, 4) is 5.75 Å². The van der Waals surface area contributed by atoms with Gasteiger partial charge < -0.3 is 9.84 Å². The molecule has 0 spiro atoms. The lowest BCUT2D eigenvalue weighted by Crippen LogP contribution is -2.52. The number of carbonyl (C=O) groups is 2. The van der Waals surface area contributed by atoms with Crippen LogP contribution >= 0.6 is 0 Å². The lowest BCUT2D eigenvalue weighted by Gasteiger charge is -2.48. The molecule has 1 fully saturated rings. The number of aliphatic carboxylic acids is 1. The summed E-state index contributed by atoms with van der Waals surface area (Å²) in [4.78, 5) is 48.6. The predicted octanol–water partition coefficient (Wildman–Crippen LogP) is 5.46. The maximum Gasteiger partial charge on any atom is 0.315 e. The van der Waals surface area contributed by atoms with Gasteiger partial charge in [-0.2, -0.15) is 0 Å². The van der Waals surface area contributed by atoms with Gasteiger partial charge in [-0.25, -0.2) is 0 Å². The maximum atomic E-state index is 13.8. The molecule has 0 radical (unpaired) electrons.